The van der Waals surface area contributed by atoms with Gasteiger partial charge in [0.25, 0.3) is 11.8 Å². The van der Waals surface area contributed by atoms with Gasteiger partial charge in [-0.15, -0.1) is 0 Å². The van der Waals surface area contributed by atoms with Gasteiger partial charge >= 0.3 is 0 Å². The number of carbonyl (C=O) groups is 2. The fourth-order valence-electron chi connectivity index (χ4n) is 3.54. The molecule has 0 aliphatic carbocycles. The first-order valence-corrected chi connectivity index (χ1v) is 11.1. The van der Waals surface area contributed by atoms with Gasteiger partial charge in [-0.25, -0.2) is 0 Å². The molecule has 2 aromatic rings. The standard InChI is InChI=1S/C23H27Cl2N3O2/c1-2-3-10-28-11-8-21(9-12-28)27-22(29)16-4-6-20(7-5-16)26-23(30)17-13-18(24)15-19(25)14-17/h4-7,13-15,21H,2-3,8-12H2,1H3,(H,26,30)(H,27,29). The van der Waals surface area contributed by atoms with Crippen molar-refractivity contribution in [3.63, 3.8) is 0 Å². The van der Waals surface area contributed by atoms with E-state index in [9.17, 15) is 9.59 Å². The van der Waals surface area contributed by atoms with Crippen molar-refractivity contribution in [1.29, 1.82) is 0 Å². The van der Waals surface area contributed by atoms with Crippen LogP contribution in [0.4, 0.5) is 5.69 Å². The van der Waals surface area contributed by atoms with Crippen LogP contribution in [0.25, 0.3) is 0 Å². The topological polar surface area (TPSA) is 61.4 Å². The monoisotopic (exact) mass is 447 g/mol. The lowest BCUT2D eigenvalue weighted by molar-refractivity contribution is 0.0910. The zero-order valence-corrected chi connectivity index (χ0v) is 18.6. The number of unbranched alkanes of at least 4 members (excludes halogenated alkanes) is 1. The van der Waals surface area contributed by atoms with E-state index in [0.29, 0.717) is 26.9 Å². The molecule has 5 nitrogen and oxygen atoms in total. The lowest BCUT2D eigenvalue weighted by atomic mass is 10.0. The summed E-state index contributed by atoms with van der Waals surface area (Å²) in [6.07, 6.45) is 4.39. The molecular formula is C23H27Cl2N3O2. The van der Waals surface area contributed by atoms with Crippen LogP contribution in [0.2, 0.25) is 10.0 Å². The molecule has 2 amide bonds. The van der Waals surface area contributed by atoms with Gasteiger partial charge in [-0.1, -0.05) is 36.5 Å². The summed E-state index contributed by atoms with van der Waals surface area (Å²) >= 11 is 11.9. The molecule has 0 radical (unpaired) electrons. The Morgan fingerprint density at radius 3 is 2.20 bits per heavy atom. The average molecular weight is 448 g/mol. The van der Waals surface area contributed by atoms with Crippen molar-refractivity contribution in [1.82, 2.24) is 10.2 Å². The Bertz CT molecular complexity index is 858. The summed E-state index contributed by atoms with van der Waals surface area (Å²) in [5, 5.41) is 6.71. The smallest absolute Gasteiger partial charge is 0.255 e. The van der Waals surface area contributed by atoms with Crippen LogP contribution in [0.5, 0.6) is 0 Å². The second-order valence-corrected chi connectivity index (χ2v) is 8.51. The van der Waals surface area contributed by atoms with E-state index in [4.69, 9.17) is 23.2 Å². The van der Waals surface area contributed by atoms with Gasteiger partial charge in [0.05, 0.1) is 0 Å². The van der Waals surface area contributed by atoms with Crippen molar-refractivity contribution in [2.45, 2.75) is 38.6 Å². The largest absolute Gasteiger partial charge is 0.349 e. The number of anilines is 1. The Morgan fingerprint density at radius 1 is 0.967 bits per heavy atom. The van der Waals surface area contributed by atoms with Crippen molar-refractivity contribution >= 4 is 40.7 Å². The van der Waals surface area contributed by atoms with Gasteiger partial charge in [0.1, 0.15) is 0 Å². The average Bonchev–Trinajstić information content (AvgIpc) is 2.73. The summed E-state index contributed by atoms with van der Waals surface area (Å²) < 4.78 is 0. The maximum absolute atomic E-state index is 12.6. The number of nitrogens with zero attached hydrogens (tertiary/aromatic N) is 1. The first-order chi connectivity index (χ1) is 14.4. The number of hydrogen-bond acceptors (Lipinski definition) is 3. The van der Waals surface area contributed by atoms with Crippen molar-refractivity contribution < 1.29 is 9.59 Å². The van der Waals surface area contributed by atoms with Crippen molar-refractivity contribution in [3.05, 3.63) is 63.6 Å². The van der Waals surface area contributed by atoms with E-state index in [1.165, 1.54) is 12.8 Å². The van der Waals surface area contributed by atoms with E-state index >= 15 is 0 Å². The molecule has 0 aromatic heterocycles. The Morgan fingerprint density at radius 2 is 1.60 bits per heavy atom. The summed E-state index contributed by atoms with van der Waals surface area (Å²) in [6, 6.07) is 11.7. The number of likely N-dealkylation sites (tertiary alicyclic amines) is 1. The van der Waals surface area contributed by atoms with Gasteiger partial charge in [-0.05, 0) is 68.3 Å². The summed E-state index contributed by atoms with van der Waals surface area (Å²) in [5.41, 5.74) is 1.55. The van der Waals surface area contributed by atoms with E-state index in [1.54, 1.807) is 42.5 Å². The van der Waals surface area contributed by atoms with E-state index in [-0.39, 0.29) is 17.9 Å². The van der Waals surface area contributed by atoms with Gasteiger partial charge in [-0.2, -0.15) is 0 Å². The molecule has 1 heterocycles. The van der Waals surface area contributed by atoms with Crippen LogP contribution in [0.15, 0.2) is 42.5 Å². The minimum atomic E-state index is -0.313. The highest BCUT2D eigenvalue weighted by atomic mass is 35.5. The second-order valence-electron chi connectivity index (χ2n) is 7.63. The number of amides is 2. The molecule has 1 saturated heterocycles. The molecule has 30 heavy (non-hydrogen) atoms. The SMILES string of the molecule is CCCCN1CCC(NC(=O)c2ccc(NC(=O)c3cc(Cl)cc(Cl)c3)cc2)CC1. The Hall–Kier alpha value is -2.08. The molecular weight excluding hydrogens is 421 g/mol. The third-order valence-electron chi connectivity index (χ3n) is 5.28. The number of rotatable bonds is 7. The van der Waals surface area contributed by atoms with Crippen molar-refractivity contribution in [2.24, 2.45) is 0 Å². The quantitative estimate of drug-likeness (QED) is 0.609. The highest BCUT2D eigenvalue weighted by Gasteiger charge is 2.20. The van der Waals surface area contributed by atoms with Gasteiger partial charge < -0.3 is 15.5 Å². The van der Waals surface area contributed by atoms with Gasteiger partial charge in [0, 0.05) is 46.0 Å². The third kappa shape index (κ3) is 6.46. The van der Waals surface area contributed by atoms with Crippen LogP contribution in [0.3, 0.4) is 0 Å². The van der Waals surface area contributed by atoms with E-state index < -0.39 is 0 Å². The normalized spacial score (nSPS) is 15.0. The molecule has 1 aliphatic rings. The van der Waals surface area contributed by atoms with Crippen LogP contribution < -0.4 is 10.6 Å². The maximum atomic E-state index is 12.6. The number of nitrogens with one attached hydrogen (secondary N) is 2. The molecule has 1 aliphatic heterocycles. The first kappa shape index (κ1) is 22.6. The molecule has 0 saturated carbocycles. The Balaban J connectivity index is 1.51. The molecule has 0 spiro atoms. The number of hydrogen-bond donors (Lipinski definition) is 2. The summed E-state index contributed by atoms with van der Waals surface area (Å²) in [6.45, 7) is 5.41. The van der Waals surface area contributed by atoms with Gasteiger partial charge in [0.15, 0.2) is 0 Å². The fraction of sp³-hybridized carbons (Fsp3) is 0.391. The number of benzene rings is 2. The summed E-state index contributed by atoms with van der Waals surface area (Å²) in [5.74, 6) is -0.395. The van der Waals surface area contributed by atoms with Crippen LogP contribution >= 0.6 is 23.2 Å². The van der Waals surface area contributed by atoms with Crippen molar-refractivity contribution in [2.75, 3.05) is 25.0 Å². The van der Waals surface area contributed by atoms with Crippen LogP contribution in [-0.4, -0.2) is 42.4 Å². The molecule has 0 bridgehead atoms. The van der Waals surface area contributed by atoms with Crippen LogP contribution in [-0.2, 0) is 0 Å². The molecule has 2 N–H and O–H groups in total. The predicted molar refractivity (Wildman–Crippen MR) is 123 cm³/mol. The van der Waals surface area contributed by atoms with E-state index in [0.717, 1.165) is 32.5 Å². The molecule has 2 aromatic carbocycles. The predicted octanol–water partition coefficient (Wildman–Crippen LogP) is 5.24. The highest BCUT2D eigenvalue weighted by Crippen LogP contribution is 2.20. The lowest BCUT2D eigenvalue weighted by Gasteiger charge is -2.32. The van der Waals surface area contributed by atoms with Gasteiger partial charge in [0.2, 0.25) is 0 Å². The van der Waals surface area contributed by atoms with Crippen LogP contribution in [0, 0.1) is 0 Å². The van der Waals surface area contributed by atoms with E-state index in [2.05, 4.69) is 22.5 Å². The minimum absolute atomic E-state index is 0.0819. The number of carbonyl (C=O) groups excluding carboxylic acids is 2. The maximum Gasteiger partial charge on any atom is 0.255 e. The molecule has 0 atom stereocenters. The highest BCUT2D eigenvalue weighted by molar-refractivity contribution is 6.35. The number of halogens is 2. The summed E-state index contributed by atoms with van der Waals surface area (Å²) in [7, 11) is 0. The molecule has 7 heteroatoms. The zero-order chi connectivity index (χ0) is 21.5. The summed E-state index contributed by atoms with van der Waals surface area (Å²) in [4.78, 5) is 27.4. The second kappa shape index (κ2) is 10.8. The third-order valence-corrected chi connectivity index (χ3v) is 5.72. The van der Waals surface area contributed by atoms with Gasteiger partial charge in [-0.3, -0.25) is 9.59 Å². The first-order valence-electron chi connectivity index (χ1n) is 10.4. The molecule has 1 fully saturated rings. The number of piperidine rings is 1. The molecule has 160 valence electrons. The Kier molecular flexibility index (Phi) is 8.14. The zero-order valence-electron chi connectivity index (χ0n) is 17.1. The lowest BCUT2D eigenvalue weighted by Crippen LogP contribution is -2.44. The Labute approximate surface area is 187 Å². The van der Waals surface area contributed by atoms with Crippen molar-refractivity contribution in [3.8, 4) is 0 Å². The van der Waals surface area contributed by atoms with Crippen LogP contribution in [0.1, 0.15) is 53.3 Å². The van der Waals surface area contributed by atoms with E-state index in [1.807, 2.05) is 0 Å². The molecule has 0 unspecified atom stereocenters. The fourth-order valence-corrected chi connectivity index (χ4v) is 4.07. The minimum Gasteiger partial charge on any atom is -0.349 e. The molecule has 3 rings (SSSR count).